The molecule has 80 valence electrons. The fraction of sp³-hybridized carbons (Fsp3) is 0.364. The van der Waals surface area contributed by atoms with E-state index in [1.165, 1.54) is 0 Å². The molecule has 1 atom stereocenters. The minimum atomic E-state index is -0.107. The maximum absolute atomic E-state index is 8.76. The Morgan fingerprint density at radius 3 is 2.80 bits per heavy atom. The van der Waals surface area contributed by atoms with Gasteiger partial charge in [0.2, 0.25) is 0 Å². The van der Waals surface area contributed by atoms with Crippen LogP contribution in [0.1, 0.15) is 12.5 Å². The molecule has 1 unspecified atom stereocenters. The van der Waals surface area contributed by atoms with Gasteiger partial charge in [0.05, 0.1) is 12.1 Å². The molecular formula is C11H12BrClN2. The van der Waals surface area contributed by atoms with Crippen LogP contribution in [0.25, 0.3) is 0 Å². The molecule has 0 aromatic heterocycles. The molecule has 15 heavy (non-hydrogen) atoms. The quantitative estimate of drug-likeness (QED) is 0.851. The predicted molar refractivity (Wildman–Crippen MR) is 65.7 cm³/mol. The lowest BCUT2D eigenvalue weighted by atomic mass is 10.2. The van der Waals surface area contributed by atoms with Crippen molar-refractivity contribution in [2.45, 2.75) is 19.5 Å². The van der Waals surface area contributed by atoms with Crippen LogP contribution in [0, 0.1) is 11.3 Å². The van der Waals surface area contributed by atoms with Crippen molar-refractivity contribution in [1.82, 2.24) is 4.90 Å². The van der Waals surface area contributed by atoms with Crippen LogP contribution in [0.3, 0.4) is 0 Å². The molecule has 0 bridgehead atoms. The van der Waals surface area contributed by atoms with Crippen LogP contribution < -0.4 is 0 Å². The maximum Gasteiger partial charge on any atom is 0.0949 e. The molecule has 0 saturated carbocycles. The van der Waals surface area contributed by atoms with E-state index in [0.717, 1.165) is 15.1 Å². The molecule has 1 aromatic carbocycles. The van der Waals surface area contributed by atoms with Crippen LogP contribution in [0.4, 0.5) is 0 Å². The van der Waals surface area contributed by atoms with Crippen LogP contribution >= 0.6 is 27.5 Å². The first-order valence-electron chi connectivity index (χ1n) is 4.58. The van der Waals surface area contributed by atoms with Crippen LogP contribution in [-0.2, 0) is 6.54 Å². The Balaban J connectivity index is 2.78. The molecule has 1 aromatic rings. The fourth-order valence-electron chi connectivity index (χ4n) is 1.15. The standard InChI is InChI=1S/C11H12BrClN2/c1-8(6-14)15(2)7-9-3-4-10(12)5-11(9)13/h3-5,8H,7H2,1-2H3. The molecule has 0 aliphatic rings. The van der Waals surface area contributed by atoms with E-state index < -0.39 is 0 Å². The van der Waals surface area contributed by atoms with Crippen molar-refractivity contribution in [2.24, 2.45) is 0 Å². The van der Waals surface area contributed by atoms with Gasteiger partial charge in [0.25, 0.3) is 0 Å². The van der Waals surface area contributed by atoms with Gasteiger partial charge >= 0.3 is 0 Å². The number of hydrogen-bond donors (Lipinski definition) is 0. The number of halogens is 2. The highest BCUT2D eigenvalue weighted by atomic mass is 79.9. The minimum Gasteiger partial charge on any atom is -0.287 e. The third kappa shape index (κ3) is 3.49. The van der Waals surface area contributed by atoms with Crippen molar-refractivity contribution >= 4 is 27.5 Å². The molecule has 0 saturated heterocycles. The summed E-state index contributed by atoms with van der Waals surface area (Å²) < 4.78 is 0.965. The molecule has 1 rings (SSSR count). The van der Waals surface area contributed by atoms with Gasteiger partial charge in [-0.3, -0.25) is 4.90 Å². The largest absolute Gasteiger partial charge is 0.287 e. The molecule has 0 N–H and O–H groups in total. The topological polar surface area (TPSA) is 27.0 Å². The predicted octanol–water partition coefficient (Wildman–Crippen LogP) is 3.45. The van der Waals surface area contributed by atoms with E-state index in [-0.39, 0.29) is 6.04 Å². The fourth-order valence-corrected chi connectivity index (χ4v) is 1.89. The molecule has 0 spiro atoms. The maximum atomic E-state index is 8.76. The average Bonchev–Trinajstić information content (AvgIpc) is 2.20. The van der Waals surface area contributed by atoms with E-state index in [0.29, 0.717) is 6.54 Å². The minimum absolute atomic E-state index is 0.107. The number of nitrogens with zero attached hydrogens (tertiary/aromatic N) is 2. The second-order valence-electron chi connectivity index (χ2n) is 3.46. The van der Waals surface area contributed by atoms with Gasteiger partial charge in [-0.1, -0.05) is 33.6 Å². The van der Waals surface area contributed by atoms with Crippen LogP contribution in [0.2, 0.25) is 5.02 Å². The molecular weight excluding hydrogens is 275 g/mol. The first-order valence-corrected chi connectivity index (χ1v) is 5.75. The molecule has 0 aliphatic carbocycles. The Kier molecular flexibility index (Phi) is 4.59. The first-order chi connectivity index (χ1) is 7.04. The summed E-state index contributed by atoms with van der Waals surface area (Å²) in [6.07, 6.45) is 0. The molecule has 0 radical (unpaired) electrons. The average molecular weight is 288 g/mol. The lowest BCUT2D eigenvalue weighted by molar-refractivity contribution is 0.294. The summed E-state index contributed by atoms with van der Waals surface area (Å²) in [6, 6.07) is 7.86. The van der Waals surface area contributed by atoms with Crippen molar-refractivity contribution in [2.75, 3.05) is 7.05 Å². The van der Waals surface area contributed by atoms with E-state index in [4.69, 9.17) is 16.9 Å². The molecule has 0 amide bonds. The van der Waals surface area contributed by atoms with Crippen LogP contribution in [0.5, 0.6) is 0 Å². The highest BCUT2D eigenvalue weighted by Crippen LogP contribution is 2.22. The van der Waals surface area contributed by atoms with Gasteiger partial charge < -0.3 is 0 Å². The van der Waals surface area contributed by atoms with Crippen molar-refractivity contribution < 1.29 is 0 Å². The van der Waals surface area contributed by atoms with Crippen molar-refractivity contribution in [1.29, 1.82) is 5.26 Å². The van der Waals surface area contributed by atoms with Crippen LogP contribution in [0.15, 0.2) is 22.7 Å². The number of benzene rings is 1. The van der Waals surface area contributed by atoms with Gasteiger partial charge in [-0.2, -0.15) is 5.26 Å². The first kappa shape index (κ1) is 12.5. The summed E-state index contributed by atoms with van der Waals surface area (Å²) in [5, 5.41) is 9.49. The van der Waals surface area contributed by atoms with Crippen LogP contribution in [-0.4, -0.2) is 18.0 Å². The smallest absolute Gasteiger partial charge is 0.0949 e. The van der Waals surface area contributed by atoms with E-state index in [9.17, 15) is 0 Å². The third-order valence-electron chi connectivity index (χ3n) is 2.28. The molecule has 0 aliphatic heterocycles. The van der Waals surface area contributed by atoms with Gasteiger partial charge in [-0.05, 0) is 31.7 Å². The molecule has 0 fully saturated rings. The van der Waals surface area contributed by atoms with E-state index in [1.54, 1.807) is 0 Å². The van der Waals surface area contributed by atoms with Crippen molar-refractivity contribution in [3.8, 4) is 6.07 Å². The zero-order valence-electron chi connectivity index (χ0n) is 8.67. The molecule has 2 nitrogen and oxygen atoms in total. The van der Waals surface area contributed by atoms with E-state index in [2.05, 4.69) is 22.0 Å². The van der Waals surface area contributed by atoms with E-state index in [1.807, 2.05) is 37.1 Å². The van der Waals surface area contributed by atoms with Crippen molar-refractivity contribution in [3.05, 3.63) is 33.3 Å². The number of nitriles is 1. The van der Waals surface area contributed by atoms with Gasteiger partial charge in [-0.25, -0.2) is 0 Å². The Morgan fingerprint density at radius 1 is 1.60 bits per heavy atom. The monoisotopic (exact) mass is 286 g/mol. The summed E-state index contributed by atoms with van der Waals surface area (Å²) in [5.74, 6) is 0. The Hall–Kier alpha value is -0.560. The summed E-state index contributed by atoms with van der Waals surface area (Å²) >= 11 is 9.44. The lowest BCUT2D eigenvalue weighted by Gasteiger charge is -2.19. The second kappa shape index (κ2) is 5.50. The lowest BCUT2D eigenvalue weighted by Crippen LogP contribution is -2.27. The Morgan fingerprint density at radius 2 is 2.27 bits per heavy atom. The van der Waals surface area contributed by atoms with E-state index >= 15 is 0 Å². The Labute approximate surface area is 104 Å². The second-order valence-corrected chi connectivity index (χ2v) is 4.78. The molecule has 4 heteroatoms. The van der Waals surface area contributed by atoms with Gasteiger partial charge in [0.15, 0.2) is 0 Å². The van der Waals surface area contributed by atoms with Crippen molar-refractivity contribution in [3.63, 3.8) is 0 Å². The van der Waals surface area contributed by atoms with Gasteiger partial charge in [0, 0.05) is 16.0 Å². The highest BCUT2D eigenvalue weighted by molar-refractivity contribution is 9.10. The summed E-state index contributed by atoms with van der Waals surface area (Å²) in [6.45, 7) is 2.55. The normalized spacial score (nSPS) is 12.5. The summed E-state index contributed by atoms with van der Waals surface area (Å²) in [5.41, 5.74) is 1.03. The summed E-state index contributed by atoms with van der Waals surface area (Å²) in [4.78, 5) is 1.95. The number of rotatable bonds is 3. The number of hydrogen-bond acceptors (Lipinski definition) is 2. The third-order valence-corrected chi connectivity index (χ3v) is 3.13. The summed E-state index contributed by atoms with van der Waals surface area (Å²) in [7, 11) is 1.91. The highest BCUT2D eigenvalue weighted by Gasteiger charge is 2.10. The van der Waals surface area contributed by atoms with Gasteiger partial charge in [-0.15, -0.1) is 0 Å². The SMILES string of the molecule is CC(C#N)N(C)Cc1ccc(Br)cc1Cl. The zero-order chi connectivity index (χ0) is 11.4. The Bertz CT molecular complexity index is 387. The molecule has 0 heterocycles. The van der Waals surface area contributed by atoms with Gasteiger partial charge in [0.1, 0.15) is 0 Å². The zero-order valence-corrected chi connectivity index (χ0v) is 11.0.